The zero-order valence-electron chi connectivity index (χ0n) is 15.9. The normalized spacial score (nSPS) is 29.2. The number of allylic oxidation sites excluding steroid dienone is 1. The Morgan fingerprint density at radius 1 is 1.17 bits per heavy atom. The van der Waals surface area contributed by atoms with E-state index in [2.05, 4.69) is 11.4 Å². The van der Waals surface area contributed by atoms with E-state index in [1.54, 1.807) is 24.3 Å². The van der Waals surface area contributed by atoms with Gasteiger partial charge in [-0.3, -0.25) is 4.79 Å². The van der Waals surface area contributed by atoms with Crippen LogP contribution in [0.2, 0.25) is 5.02 Å². The van der Waals surface area contributed by atoms with E-state index in [9.17, 15) is 14.9 Å². The maximum Gasteiger partial charge on any atom is 0.351 e. The first-order valence-electron chi connectivity index (χ1n) is 9.70. The first-order chi connectivity index (χ1) is 14.5. The molecule has 1 saturated heterocycles. The van der Waals surface area contributed by atoms with Crippen molar-refractivity contribution >= 4 is 23.4 Å². The molecule has 2 heterocycles. The summed E-state index contributed by atoms with van der Waals surface area (Å²) in [5.74, 6) is -2.56. The third-order valence-electron chi connectivity index (χ3n) is 5.85. The molecule has 3 aliphatic rings. The highest BCUT2D eigenvalue weighted by Crippen LogP contribution is 2.59. The summed E-state index contributed by atoms with van der Waals surface area (Å²) >= 11 is 6.14. The summed E-state index contributed by atoms with van der Waals surface area (Å²) in [6.07, 6.45) is 1.59. The zero-order chi connectivity index (χ0) is 20.9. The fourth-order valence-electron chi connectivity index (χ4n) is 4.42. The van der Waals surface area contributed by atoms with E-state index in [1.807, 2.05) is 30.3 Å². The molecule has 0 radical (unpaired) electrons. The number of benzene rings is 2. The molecule has 2 aliphatic heterocycles. The van der Waals surface area contributed by atoms with Crippen LogP contribution in [0.5, 0.6) is 0 Å². The van der Waals surface area contributed by atoms with Gasteiger partial charge in [0, 0.05) is 18.4 Å². The predicted molar refractivity (Wildman–Crippen MR) is 107 cm³/mol. The molecular weight excluding hydrogens is 404 g/mol. The predicted octanol–water partition coefficient (Wildman–Crippen LogP) is 3.84. The number of carbonyl (C=O) groups excluding carboxylic acids is 2. The molecule has 2 aromatic carbocycles. The van der Waals surface area contributed by atoms with Gasteiger partial charge in [-0.1, -0.05) is 54.1 Å². The summed E-state index contributed by atoms with van der Waals surface area (Å²) in [4.78, 5) is 25.7. The molecule has 5 rings (SSSR count). The van der Waals surface area contributed by atoms with Gasteiger partial charge >= 0.3 is 11.9 Å². The summed E-state index contributed by atoms with van der Waals surface area (Å²) in [6, 6.07) is 18.0. The largest absolute Gasteiger partial charge is 0.441 e. The summed E-state index contributed by atoms with van der Waals surface area (Å²) in [6.45, 7) is 0. The summed E-state index contributed by atoms with van der Waals surface area (Å²) in [5.41, 5.74) is 0.0435. The van der Waals surface area contributed by atoms with Crippen molar-refractivity contribution in [1.82, 2.24) is 5.32 Å². The van der Waals surface area contributed by atoms with Crippen molar-refractivity contribution in [2.75, 3.05) is 0 Å². The van der Waals surface area contributed by atoms with Gasteiger partial charge in [-0.25, -0.2) is 10.1 Å². The van der Waals surface area contributed by atoms with E-state index in [0.29, 0.717) is 30.6 Å². The van der Waals surface area contributed by atoms with Crippen molar-refractivity contribution in [2.24, 2.45) is 0 Å². The quantitative estimate of drug-likeness (QED) is 0.598. The van der Waals surface area contributed by atoms with Crippen LogP contribution < -0.4 is 5.32 Å². The Morgan fingerprint density at radius 3 is 2.63 bits per heavy atom. The highest BCUT2D eigenvalue weighted by Gasteiger charge is 2.82. The van der Waals surface area contributed by atoms with E-state index in [1.165, 1.54) is 0 Å². The Kier molecular flexibility index (Phi) is 4.21. The second-order valence-electron chi connectivity index (χ2n) is 7.59. The number of ether oxygens (including phenoxy) is 2. The number of hydrogen-bond acceptors (Lipinski definition) is 6. The van der Waals surface area contributed by atoms with Gasteiger partial charge in [0.25, 0.3) is 0 Å². The molecule has 1 N–H and O–H groups in total. The van der Waals surface area contributed by atoms with Crippen molar-refractivity contribution in [3.8, 4) is 6.07 Å². The lowest BCUT2D eigenvalue weighted by molar-refractivity contribution is -0.136. The topological polar surface area (TPSA) is 98.3 Å². The maximum absolute atomic E-state index is 12.9. The highest BCUT2D eigenvalue weighted by molar-refractivity contribution is 6.33. The van der Waals surface area contributed by atoms with Crippen LogP contribution in [0.25, 0.3) is 0 Å². The minimum Gasteiger partial charge on any atom is -0.441 e. The summed E-state index contributed by atoms with van der Waals surface area (Å²) in [5, 5.41) is 13.4. The molecule has 3 atom stereocenters. The van der Waals surface area contributed by atoms with E-state index >= 15 is 0 Å². The van der Waals surface area contributed by atoms with Crippen LogP contribution in [-0.4, -0.2) is 23.2 Å². The van der Waals surface area contributed by atoms with E-state index in [-0.39, 0.29) is 16.4 Å². The van der Waals surface area contributed by atoms with Gasteiger partial charge in [-0.05, 0) is 24.1 Å². The van der Waals surface area contributed by atoms with Crippen LogP contribution in [0.3, 0.4) is 0 Å². The van der Waals surface area contributed by atoms with E-state index in [0.717, 1.165) is 5.56 Å². The van der Waals surface area contributed by atoms with Gasteiger partial charge in [-0.15, -0.1) is 0 Å². The minimum absolute atomic E-state index is 0.0422. The Morgan fingerprint density at radius 2 is 1.90 bits per heavy atom. The lowest BCUT2D eigenvalue weighted by Gasteiger charge is -2.35. The highest BCUT2D eigenvalue weighted by atomic mass is 35.5. The summed E-state index contributed by atoms with van der Waals surface area (Å²) in [7, 11) is 0. The van der Waals surface area contributed by atoms with Crippen molar-refractivity contribution in [3.63, 3.8) is 0 Å². The Hall–Kier alpha value is -3.14. The zero-order valence-corrected chi connectivity index (χ0v) is 16.6. The molecule has 0 bridgehead atoms. The van der Waals surface area contributed by atoms with Crippen molar-refractivity contribution in [3.05, 3.63) is 82.1 Å². The van der Waals surface area contributed by atoms with Crippen LogP contribution >= 0.6 is 11.6 Å². The first kappa shape index (κ1) is 18.9. The van der Waals surface area contributed by atoms with Gasteiger partial charge in [0.05, 0.1) is 22.6 Å². The standard InChI is InChI=1S/C23H17ClN2O4/c24-16-10-5-4-9-15(16)21(28)30-23-22(13-25,26-23)20(14-7-2-1-3-8-14)19-17(27)11-6-12-18(19)29-23/h1-5,7-10,20,26H,6,11-12H2. The van der Waals surface area contributed by atoms with Gasteiger partial charge < -0.3 is 9.47 Å². The summed E-state index contributed by atoms with van der Waals surface area (Å²) < 4.78 is 11.8. The second-order valence-corrected chi connectivity index (χ2v) is 8.00. The monoisotopic (exact) mass is 420 g/mol. The van der Waals surface area contributed by atoms with Crippen LogP contribution in [-0.2, 0) is 14.3 Å². The number of rotatable bonds is 3. The molecule has 150 valence electrons. The number of nitrogens with zero attached hydrogens (tertiary/aromatic N) is 1. The van der Waals surface area contributed by atoms with Gasteiger partial charge in [-0.2, -0.15) is 5.26 Å². The Balaban J connectivity index is 1.60. The number of nitriles is 1. The number of esters is 1. The smallest absolute Gasteiger partial charge is 0.351 e. The SMILES string of the molecule is N#CC12NC1(OC(=O)c1ccccc1Cl)OC1=C(C(=O)CCC1)C2c1ccccc1. The number of Topliss-reactive ketones (excluding diaryl/α,β-unsaturated/α-hetero) is 1. The molecule has 3 unspecified atom stereocenters. The third-order valence-corrected chi connectivity index (χ3v) is 6.18. The molecule has 1 aliphatic carbocycles. The first-order valence-corrected chi connectivity index (χ1v) is 10.1. The fourth-order valence-corrected chi connectivity index (χ4v) is 4.63. The third kappa shape index (κ3) is 2.59. The van der Waals surface area contributed by atoms with Crippen molar-refractivity contribution in [2.45, 2.75) is 36.6 Å². The van der Waals surface area contributed by atoms with Crippen LogP contribution in [0.15, 0.2) is 65.9 Å². The van der Waals surface area contributed by atoms with E-state index < -0.39 is 23.3 Å². The van der Waals surface area contributed by atoms with Crippen LogP contribution in [0.4, 0.5) is 0 Å². The molecule has 1 fully saturated rings. The fraction of sp³-hybridized carbons (Fsp3) is 0.261. The Bertz CT molecular complexity index is 1140. The van der Waals surface area contributed by atoms with E-state index in [4.69, 9.17) is 21.1 Å². The average molecular weight is 421 g/mol. The second kappa shape index (κ2) is 6.69. The van der Waals surface area contributed by atoms with Crippen LogP contribution in [0.1, 0.15) is 41.1 Å². The number of nitrogens with one attached hydrogen (secondary N) is 1. The molecule has 0 amide bonds. The van der Waals surface area contributed by atoms with Crippen molar-refractivity contribution < 1.29 is 19.1 Å². The van der Waals surface area contributed by atoms with Gasteiger partial charge in [0.1, 0.15) is 5.76 Å². The molecular formula is C23H17ClN2O4. The maximum atomic E-state index is 12.9. The molecule has 6 nitrogen and oxygen atoms in total. The molecule has 7 heteroatoms. The lowest BCUT2D eigenvalue weighted by Crippen LogP contribution is -2.44. The van der Waals surface area contributed by atoms with Crippen molar-refractivity contribution in [1.29, 1.82) is 5.26 Å². The molecule has 0 spiro atoms. The molecule has 2 aromatic rings. The molecule has 30 heavy (non-hydrogen) atoms. The number of fused-ring (bicyclic) bond motifs is 1. The number of halogens is 1. The number of carbonyl (C=O) groups is 2. The lowest BCUT2D eigenvalue weighted by atomic mass is 9.73. The number of ketones is 1. The average Bonchev–Trinajstić information content (AvgIpc) is 3.41. The molecule has 0 saturated carbocycles. The van der Waals surface area contributed by atoms with Gasteiger partial charge in [0.15, 0.2) is 5.78 Å². The Labute approximate surface area is 178 Å². The van der Waals surface area contributed by atoms with Gasteiger partial charge in [0.2, 0.25) is 5.54 Å². The molecule has 0 aromatic heterocycles. The number of hydrogen-bond donors (Lipinski definition) is 1. The van der Waals surface area contributed by atoms with Crippen LogP contribution in [0, 0.1) is 11.3 Å². The minimum atomic E-state index is -1.67.